The topological polar surface area (TPSA) is 27.7 Å². The highest BCUT2D eigenvalue weighted by molar-refractivity contribution is 5.51. The highest BCUT2D eigenvalue weighted by Gasteiger charge is 2.29. The number of allylic oxidation sites excluding steroid dienone is 1. The first-order valence-electron chi connectivity index (χ1n) is 6.30. The van der Waals surface area contributed by atoms with Crippen molar-refractivity contribution in [2.24, 2.45) is 0 Å². The third-order valence-electron chi connectivity index (χ3n) is 3.07. The smallest absolute Gasteiger partial charge is 0.166 e. The minimum Gasteiger partial charge on any atom is -0.497 e. The van der Waals surface area contributed by atoms with Crippen LogP contribution in [0.3, 0.4) is 0 Å². The van der Waals surface area contributed by atoms with Crippen molar-refractivity contribution < 1.29 is 14.2 Å². The first kappa shape index (κ1) is 13.1. The van der Waals surface area contributed by atoms with E-state index < -0.39 is 5.79 Å². The van der Waals surface area contributed by atoms with Crippen molar-refractivity contribution >= 4 is 6.08 Å². The minimum absolute atomic E-state index is 0.390. The first-order chi connectivity index (χ1) is 8.72. The highest BCUT2D eigenvalue weighted by atomic mass is 16.7. The van der Waals surface area contributed by atoms with E-state index in [1.165, 1.54) is 0 Å². The van der Waals surface area contributed by atoms with E-state index in [1.54, 1.807) is 7.11 Å². The summed E-state index contributed by atoms with van der Waals surface area (Å²) in [4.78, 5) is 0. The van der Waals surface area contributed by atoms with Crippen LogP contribution in [0.4, 0.5) is 0 Å². The molecule has 1 aromatic rings. The third-order valence-corrected chi connectivity index (χ3v) is 3.07. The molecule has 0 unspecified atom stereocenters. The Labute approximate surface area is 108 Å². The van der Waals surface area contributed by atoms with Crippen molar-refractivity contribution in [3.8, 4) is 5.75 Å². The van der Waals surface area contributed by atoms with Gasteiger partial charge in [0.15, 0.2) is 5.79 Å². The van der Waals surface area contributed by atoms with E-state index in [0.717, 1.165) is 24.2 Å². The molecule has 1 aliphatic rings. The molecule has 1 fully saturated rings. The summed E-state index contributed by atoms with van der Waals surface area (Å²) in [5.74, 6) is 0.491. The summed E-state index contributed by atoms with van der Waals surface area (Å²) < 4.78 is 16.3. The van der Waals surface area contributed by atoms with Crippen LogP contribution in [0.5, 0.6) is 5.75 Å². The quantitative estimate of drug-likeness (QED) is 0.800. The monoisotopic (exact) mass is 248 g/mol. The van der Waals surface area contributed by atoms with Gasteiger partial charge in [-0.25, -0.2) is 0 Å². The summed E-state index contributed by atoms with van der Waals surface area (Å²) in [7, 11) is 1.68. The van der Waals surface area contributed by atoms with Crippen LogP contribution in [0.25, 0.3) is 6.08 Å². The number of methoxy groups -OCH3 is 1. The standard InChI is InChI=1S/C15H20O3/c1-15(17-10-11-18-15)9-4-3-6-13-7-5-8-14(12-13)16-2/h3,5-8,12H,4,9-11H2,1-2H3/b6-3+. The molecule has 0 radical (unpaired) electrons. The second-order valence-electron chi connectivity index (χ2n) is 4.55. The number of rotatable bonds is 5. The fourth-order valence-electron chi connectivity index (χ4n) is 2.01. The fraction of sp³-hybridized carbons (Fsp3) is 0.467. The van der Waals surface area contributed by atoms with Gasteiger partial charge in [-0.1, -0.05) is 24.3 Å². The average Bonchev–Trinajstić information content (AvgIpc) is 2.82. The van der Waals surface area contributed by atoms with E-state index in [1.807, 2.05) is 25.1 Å². The van der Waals surface area contributed by atoms with Gasteiger partial charge in [0.1, 0.15) is 5.75 Å². The Kier molecular flexibility index (Phi) is 4.39. The summed E-state index contributed by atoms with van der Waals surface area (Å²) in [5, 5.41) is 0. The van der Waals surface area contributed by atoms with Gasteiger partial charge in [0.05, 0.1) is 20.3 Å². The lowest BCUT2D eigenvalue weighted by Gasteiger charge is -2.20. The number of benzene rings is 1. The van der Waals surface area contributed by atoms with Crippen molar-refractivity contribution in [1.82, 2.24) is 0 Å². The molecule has 0 aromatic heterocycles. The van der Waals surface area contributed by atoms with Crippen LogP contribution in [-0.2, 0) is 9.47 Å². The number of hydrogen-bond acceptors (Lipinski definition) is 3. The zero-order valence-electron chi connectivity index (χ0n) is 11.0. The molecular weight excluding hydrogens is 228 g/mol. The molecule has 3 heteroatoms. The molecule has 0 saturated carbocycles. The van der Waals surface area contributed by atoms with Gasteiger partial charge in [0.25, 0.3) is 0 Å². The SMILES string of the molecule is COc1cccc(/C=C/CCC2(C)OCCO2)c1. The van der Waals surface area contributed by atoms with E-state index in [4.69, 9.17) is 14.2 Å². The summed E-state index contributed by atoms with van der Waals surface area (Å²) in [6.45, 7) is 3.41. The average molecular weight is 248 g/mol. The van der Waals surface area contributed by atoms with Gasteiger partial charge in [-0.3, -0.25) is 0 Å². The molecular formula is C15H20O3. The largest absolute Gasteiger partial charge is 0.497 e. The zero-order valence-corrected chi connectivity index (χ0v) is 11.0. The maximum Gasteiger partial charge on any atom is 0.166 e. The van der Waals surface area contributed by atoms with Crippen molar-refractivity contribution in [3.05, 3.63) is 35.9 Å². The van der Waals surface area contributed by atoms with Gasteiger partial charge >= 0.3 is 0 Å². The molecule has 0 spiro atoms. The van der Waals surface area contributed by atoms with Crippen LogP contribution < -0.4 is 4.74 Å². The number of ether oxygens (including phenoxy) is 3. The second kappa shape index (κ2) is 6.03. The van der Waals surface area contributed by atoms with E-state index in [-0.39, 0.29) is 0 Å². The van der Waals surface area contributed by atoms with E-state index in [9.17, 15) is 0 Å². The lowest BCUT2D eigenvalue weighted by Crippen LogP contribution is -2.24. The molecule has 18 heavy (non-hydrogen) atoms. The van der Waals surface area contributed by atoms with E-state index in [0.29, 0.717) is 13.2 Å². The van der Waals surface area contributed by atoms with Crippen LogP contribution in [0.1, 0.15) is 25.3 Å². The molecule has 98 valence electrons. The Morgan fingerprint density at radius 3 is 2.83 bits per heavy atom. The molecule has 0 atom stereocenters. The zero-order chi connectivity index (χ0) is 12.8. The van der Waals surface area contributed by atoms with Gasteiger partial charge in [0, 0.05) is 6.42 Å². The molecule has 0 amide bonds. The van der Waals surface area contributed by atoms with Crippen LogP contribution in [0.2, 0.25) is 0 Å². The van der Waals surface area contributed by atoms with Gasteiger partial charge in [-0.05, 0) is 31.0 Å². The van der Waals surface area contributed by atoms with E-state index in [2.05, 4.69) is 18.2 Å². The molecule has 3 nitrogen and oxygen atoms in total. The van der Waals surface area contributed by atoms with E-state index >= 15 is 0 Å². The fourth-order valence-corrected chi connectivity index (χ4v) is 2.01. The summed E-state index contributed by atoms with van der Waals surface area (Å²) >= 11 is 0. The first-order valence-corrected chi connectivity index (χ1v) is 6.30. The Morgan fingerprint density at radius 1 is 1.33 bits per heavy atom. The van der Waals surface area contributed by atoms with Crippen LogP contribution >= 0.6 is 0 Å². The van der Waals surface area contributed by atoms with Gasteiger partial charge in [-0.2, -0.15) is 0 Å². The second-order valence-corrected chi connectivity index (χ2v) is 4.55. The summed E-state index contributed by atoms with van der Waals surface area (Å²) in [6.07, 6.45) is 6.06. The van der Waals surface area contributed by atoms with Crippen molar-refractivity contribution in [3.63, 3.8) is 0 Å². The predicted molar refractivity (Wildman–Crippen MR) is 71.6 cm³/mol. The Bertz CT molecular complexity index is 406. The molecule has 2 rings (SSSR count). The predicted octanol–water partition coefficient (Wildman–Crippen LogP) is 3.25. The van der Waals surface area contributed by atoms with Gasteiger partial charge in [-0.15, -0.1) is 0 Å². The van der Waals surface area contributed by atoms with Crippen LogP contribution in [0, 0.1) is 0 Å². The molecule has 1 heterocycles. The van der Waals surface area contributed by atoms with Crippen molar-refractivity contribution in [2.75, 3.05) is 20.3 Å². The van der Waals surface area contributed by atoms with Gasteiger partial charge in [0.2, 0.25) is 0 Å². The lowest BCUT2D eigenvalue weighted by molar-refractivity contribution is -0.145. The molecule has 0 bridgehead atoms. The molecule has 1 aromatic carbocycles. The normalized spacial score (nSPS) is 18.3. The molecule has 0 aliphatic carbocycles. The Balaban J connectivity index is 1.83. The number of hydrogen-bond donors (Lipinski definition) is 0. The maximum atomic E-state index is 5.55. The lowest BCUT2D eigenvalue weighted by atomic mass is 10.1. The van der Waals surface area contributed by atoms with Crippen LogP contribution in [0.15, 0.2) is 30.3 Å². The van der Waals surface area contributed by atoms with Crippen molar-refractivity contribution in [2.45, 2.75) is 25.6 Å². The Morgan fingerprint density at radius 2 is 2.11 bits per heavy atom. The minimum atomic E-state index is -0.390. The maximum absolute atomic E-state index is 5.55. The molecule has 1 aliphatic heterocycles. The third kappa shape index (κ3) is 3.59. The van der Waals surface area contributed by atoms with Crippen molar-refractivity contribution in [1.29, 1.82) is 0 Å². The summed E-state index contributed by atoms with van der Waals surface area (Å²) in [6, 6.07) is 8.01. The highest BCUT2D eigenvalue weighted by Crippen LogP contribution is 2.24. The van der Waals surface area contributed by atoms with Gasteiger partial charge < -0.3 is 14.2 Å². The molecule has 1 saturated heterocycles. The Hall–Kier alpha value is -1.32. The molecule has 0 N–H and O–H groups in total. The summed E-state index contributed by atoms with van der Waals surface area (Å²) in [5.41, 5.74) is 1.15. The van der Waals surface area contributed by atoms with Crippen LogP contribution in [-0.4, -0.2) is 26.1 Å².